The molecule has 0 spiro atoms. The first-order valence-corrected chi connectivity index (χ1v) is 5.19. The summed E-state index contributed by atoms with van der Waals surface area (Å²) in [6, 6.07) is 3.79. The number of amidine groups is 1. The lowest BCUT2D eigenvalue weighted by atomic mass is 10.2. The number of methoxy groups -OCH3 is 1. The smallest absolute Gasteiger partial charge is 0.213 e. The summed E-state index contributed by atoms with van der Waals surface area (Å²) in [5.74, 6) is 1.69. The quantitative estimate of drug-likeness (QED) is 0.804. The summed E-state index contributed by atoms with van der Waals surface area (Å²) in [4.78, 5) is 8.54. The van der Waals surface area contributed by atoms with E-state index in [2.05, 4.69) is 15.3 Å². The van der Waals surface area contributed by atoms with Crippen LogP contribution in [0.3, 0.4) is 0 Å². The molecule has 0 fully saturated rings. The van der Waals surface area contributed by atoms with E-state index < -0.39 is 0 Å². The summed E-state index contributed by atoms with van der Waals surface area (Å²) >= 11 is 0. The molecule has 0 bridgehead atoms. The highest BCUT2D eigenvalue weighted by Crippen LogP contribution is 2.13. The lowest BCUT2D eigenvalue weighted by Gasteiger charge is -2.13. The Morgan fingerprint density at radius 2 is 2.27 bits per heavy atom. The maximum absolute atomic E-state index is 4.99. The maximum Gasteiger partial charge on any atom is 0.213 e. The minimum atomic E-state index is 0.631. The SMILES string of the molecule is COc1ccc(NC2=NCCCC2)cn1. The molecular weight excluding hydrogens is 190 g/mol. The van der Waals surface area contributed by atoms with Crippen molar-refractivity contribution in [3.8, 4) is 5.88 Å². The number of aromatic nitrogens is 1. The molecule has 2 heterocycles. The number of anilines is 1. The second kappa shape index (κ2) is 4.77. The predicted octanol–water partition coefficient (Wildman–Crippen LogP) is 2.08. The second-order valence-electron chi connectivity index (χ2n) is 3.50. The summed E-state index contributed by atoms with van der Waals surface area (Å²) in [7, 11) is 1.61. The molecule has 1 aromatic rings. The van der Waals surface area contributed by atoms with Crippen LogP contribution in [-0.4, -0.2) is 24.5 Å². The molecule has 0 amide bonds. The van der Waals surface area contributed by atoms with E-state index in [1.807, 2.05) is 12.1 Å². The third kappa shape index (κ3) is 2.68. The molecule has 1 aromatic heterocycles. The Balaban J connectivity index is 2.00. The van der Waals surface area contributed by atoms with E-state index in [9.17, 15) is 0 Å². The van der Waals surface area contributed by atoms with Crippen LogP contribution >= 0.6 is 0 Å². The molecule has 80 valence electrons. The van der Waals surface area contributed by atoms with E-state index in [4.69, 9.17) is 4.74 Å². The molecule has 15 heavy (non-hydrogen) atoms. The predicted molar refractivity (Wildman–Crippen MR) is 60.6 cm³/mol. The first-order chi connectivity index (χ1) is 7.38. The topological polar surface area (TPSA) is 46.5 Å². The van der Waals surface area contributed by atoms with Crippen molar-refractivity contribution in [3.63, 3.8) is 0 Å². The first kappa shape index (κ1) is 9.96. The van der Waals surface area contributed by atoms with E-state index in [1.165, 1.54) is 12.8 Å². The largest absolute Gasteiger partial charge is 0.481 e. The van der Waals surface area contributed by atoms with Crippen molar-refractivity contribution in [1.82, 2.24) is 4.98 Å². The molecule has 1 N–H and O–H groups in total. The second-order valence-corrected chi connectivity index (χ2v) is 3.50. The van der Waals surface area contributed by atoms with Gasteiger partial charge in [-0.15, -0.1) is 0 Å². The standard InChI is InChI=1S/C11H15N3O/c1-15-11-6-5-9(8-13-11)14-10-4-2-3-7-12-10/h5-6,8H,2-4,7H2,1H3,(H,12,14). The van der Waals surface area contributed by atoms with Crippen LogP contribution in [0.5, 0.6) is 5.88 Å². The van der Waals surface area contributed by atoms with Gasteiger partial charge in [0.05, 0.1) is 19.0 Å². The number of aliphatic imine (C=N–C) groups is 1. The summed E-state index contributed by atoms with van der Waals surface area (Å²) < 4.78 is 4.99. The van der Waals surface area contributed by atoms with Gasteiger partial charge in [-0.2, -0.15) is 0 Å². The van der Waals surface area contributed by atoms with Gasteiger partial charge in [0.15, 0.2) is 0 Å². The number of rotatable bonds is 2. The Kier molecular flexibility index (Phi) is 3.17. The van der Waals surface area contributed by atoms with Gasteiger partial charge in [-0.3, -0.25) is 4.99 Å². The summed E-state index contributed by atoms with van der Waals surface area (Å²) in [6.45, 7) is 0.936. The van der Waals surface area contributed by atoms with Crippen molar-refractivity contribution in [2.45, 2.75) is 19.3 Å². The van der Waals surface area contributed by atoms with Crippen LogP contribution in [0.4, 0.5) is 5.69 Å². The minimum absolute atomic E-state index is 0.631. The fourth-order valence-corrected chi connectivity index (χ4v) is 1.54. The zero-order chi connectivity index (χ0) is 10.5. The molecule has 1 aliphatic heterocycles. The molecule has 0 atom stereocenters. The third-order valence-electron chi connectivity index (χ3n) is 2.36. The molecule has 0 unspecified atom stereocenters. The van der Waals surface area contributed by atoms with Crippen molar-refractivity contribution >= 4 is 11.5 Å². The zero-order valence-electron chi connectivity index (χ0n) is 8.86. The lowest BCUT2D eigenvalue weighted by molar-refractivity contribution is 0.398. The van der Waals surface area contributed by atoms with Gasteiger partial charge in [0, 0.05) is 19.0 Å². The van der Waals surface area contributed by atoms with E-state index >= 15 is 0 Å². The molecule has 0 aliphatic carbocycles. The van der Waals surface area contributed by atoms with E-state index in [1.54, 1.807) is 13.3 Å². The maximum atomic E-state index is 4.99. The van der Waals surface area contributed by atoms with Crippen molar-refractivity contribution < 1.29 is 4.74 Å². The summed E-state index contributed by atoms with van der Waals surface area (Å²) in [5, 5.41) is 3.26. The van der Waals surface area contributed by atoms with Crippen LogP contribution < -0.4 is 10.1 Å². The van der Waals surface area contributed by atoms with Crippen LogP contribution in [0.1, 0.15) is 19.3 Å². The molecule has 0 saturated carbocycles. The van der Waals surface area contributed by atoms with Crippen molar-refractivity contribution in [2.75, 3.05) is 19.0 Å². The number of nitrogens with one attached hydrogen (secondary N) is 1. The highest BCUT2D eigenvalue weighted by atomic mass is 16.5. The van der Waals surface area contributed by atoms with Crippen LogP contribution in [0.15, 0.2) is 23.3 Å². The molecule has 1 aliphatic rings. The number of hydrogen-bond donors (Lipinski definition) is 1. The first-order valence-electron chi connectivity index (χ1n) is 5.19. The van der Waals surface area contributed by atoms with Crippen molar-refractivity contribution in [1.29, 1.82) is 0 Å². The van der Waals surface area contributed by atoms with Gasteiger partial charge >= 0.3 is 0 Å². The number of ether oxygens (including phenoxy) is 1. The molecule has 0 saturated heterocycles. The lowest BCUT2D eigenvalue weighted by Crippen LogP contribution is -2.16. The highest BCUT2D eigenvalue weighted by Gasteiger charge is 2.05. The Bertz CT molecular complexity index is 345. The Hall–Kier alpha value is -1.58. The fraction of sp³-hybridized carbons (Fsp3) is 0.455. The van der Waals surface area contributed by atoms with E-state index in [0.29, 0.717) is 5.88 Å². The molecular formula is C11H15N3O. The van der Waals surface area contributed by atoms with Crippen LogP contribution in [-0.2, 0) is 0 Å². The highest BCUT2D eigenvalue weighted by molar-refractivity contribution is 5.95. The third-order valence-corrected chi connectivity index (χ3v) is 2.36. The molecule has 0 aromatic carbocycles. The van der Waals surface area contributed by atoms with Gasteiger partial charge in [0.25, 0.3) is 0 Å². The van der Waals surface area contributed by atoms with Gasteiger partial charge < -0.3 is 10.1 Å². The molecule has 4 nitrogen and oxygen atoms in total. The fourth-order valence-electron chi connectivity index (χ4n) is 1.54. The Morgan fingerprint density at radius 3 is 2.87 bits per heavy atom. The molecule has 2 rings (SSSR count). The zero-order valence-corrected chi connectivity index (χ0v) is 8.86. The molecule has 4 heteroatoms. The summed E-state index contributed by atoms with van der Waals surface area (Å²) in [5.41, 5.74) is 0.969. The van der Waals surface area contributed by atoms with Crippen LogP contribution in [0.2, 0.25) is 0 Å². The van der Waals surface area contributed by atoms with Crippen LogP contribution in [0, 0.1) is 0 Å². The van der Waals surface area contributed by atoms with Gasteiger partial charge in [0.1, 0.15) is 5.84 Å². The van der Waals surface area contributed by atoms with Gasteiger partial charge in [-0.05, 0) is 18.9 Å². The van der Waals surface area contributed by atoms with Gasteiger partial charge in [-0.25, -0.2) is 4.98 Å². The summed E-state index contributed by atoms with van der Waals surface area (Å²) in [6.07, 6.45) is 5.21. The number of nitrogens with zero attached hydrogens (tertiary/aromatic N) is 2. The molecule has 0 radical (unpaired) electrons. The minimum Gasteiger partial charge on any atom is -0.481 e. The number of hydrogen-bond acceptors (Lipinski definition) is 4. The van der Waals surface area contributed by atoms with E-state index in [0.717, 1.165) is 24.5 Å². The van der Waals surface area contributed by atoms with Gasteiger partial charge in [-0.1, -0.05) is 0 Å². The monoisotopic (exact) mass is 205 g/mol. The number of pyridine rings is 1. The average Bonchev–Trinajstić information content (AvgIpc) is 2.31. The van der Waals surface area contributed by atoms with Crippen molar-refractivity contribution in [3.05, 3.63) is 18.3 Å². The van der Waals surface area contributed by atoms with E-state index in [-0.39, 0.29) is 0 Å². The average molecular weight is 205 g/mol. The Labute approximate surface area is 89.4 Å². The van der Waals surface area contributed by atoms with Crippen LogP contribution in [0.25, 0.3) is 0 Å². The van der Waals surface area contributed by atoms with Gasteiger partial charge in [0.2, 0.25) is 5.88 Å². The normalized spacial score (nSPS) is 15.7. The van der Waals surface area contributed by atoms with Crippen molar-refractivity contribution in [2.24, 2.45) is 4.99 Å². The Morgan fingerprint density at radius 1 is 1.33 bits per heavy atom.